The van der Waals surface area contributed by atoms with Crippen molar-refractivity contribution in [1.82, 2.24) is 0 Å². The van der Waals surface area contributed by atoms with E-state index in [2.05, 4.69) is 5.32 Å². The minimum atomic E-state index is -0.964. The number of ether oxygens (including phenoxy) is 1. The van der Waals surface area contributed by atoms with Gasteiger partial charge in [0.2, 0.25) is 0 Å². The molecule has 0 aliphatic heterocycles. The summed E-state index contributed by atoms with van der Waals surface area (Å²) in [4.78, 5) is 35.6. The van der Waals surface area contributed by atoms with Crippen molar-refractivity contribution in [1.29, 1.82) is 0 Å². The van der Waals surface area contributed by atoms with Gasteiger partial charge in [-0.1, -0.05) is 55.6 Å². The summed E-state index contributed by atoms with van der Waals surface area (Å²) >= 11 is 12.0. The molecule has 0 saturated heterocycles. The van der Waals surface area contributed by atoms with Crippen LogP contribution in [0.1, 0.15) is 30.6 Å². The zero-order valence-corrected chi connectivity index (χ0v) is 19.3. The molecule has 0 radical (unpaired) electrons. The van der Waals surface area contributed by atoms with Gasteiger partial charge >= 0.3 is 5.97 Å². The Morgan fingerprint density at radius 1 is 1.23 bits per heavy atom. The predicted molar refractivity (Wildman–Crippen MR) is 121 cm³/mol. The van der Waals surface area contributed by atoms with Crippen molar-refractivity contribution in [3.63, 3.8) is 0 Å². The number of halogens is 3. The molecule has 2 aromatic carbocycles. The first kappa shape index (κ1) is 25.8. The minimum absolute atomic E-state index is 0. The third-order valence-corrected chi connectivity index (χ3v) is 4.98. The van der Waals surface area contributed by atoms with Gasteiger partial charge in [-0.05, 0) is 24.1 Å². The topological polar surface area (TPSA) is 125 Å². The van der Waals surface area contributed by atoms with Gasteiger partial charge in [0.05, 0.1) is 27.3 Å². The number of nitrogens with two attached hydrogens (primary N) is 1. The fourth-order valence-corrected chi connectivity index (χ4v) is 2.77. The standard InChI is InChI=1S/C19H19Cl2N3O5.BrH/c1-3-10(2)17(22)19(26)29-16-9-15(24(27)28)13(21)8-11(16)18(25)23-14-7-5-4-6-12(14)20;/h4-10,17H,3,22H2,1-2H3,(H,23,25);1H. The van der Waals surface area contributed by atoms with Crippen LogP contribution in [0.4, 0.5) is 11.4 Å². The number of carbonyl (C=O) groups excluding carboxylic acids is 2. The number of hydrogen-bond donors (Lipinski definition) is 2. The van der Waals surface area contributed by atoms with E-state index in [4.69, 9.17) is 33.7 Å². The van der Waals surface area contributed by atoms with Crippen molar-refractivity contribution in [2.24, 2.45) is 11.7 Å². The molecule has 0 aliphatic carbocycles. The average molecular weight is 521 g/mol. The van der Waals surface area contributed by atoms with Crippen LogP contribution in [-0.2, 0) is 4.79 Å². The monoisotopic (exact) mass is 519 g/mol. The summed E-state index contributed by atoms with van der Waals surface area (Å²) in [7, 11) is 0. The Balaban J connectivity index is 0.00000450. The number of carbonyl (C=O) groups is 2. The SMILES string of the molecule is Br.CCC(C)C(N)C(=O)Oc1cc([N+](=O)[O-])c(Cl)cc1C(=O)Nc1ccccc1Cl. The van der Waals surface area contributed by atoms with Crippen LogP contribution >= 0.6 is 40.2 Å². The number of para-hydroxylation sites is 1. The molecule has 0 saturated carbocycles. The van der Waals surface area contributed by atoms with E-state index in [1.54, 1.807) is 31.2 Å². The molecule has 0 heterocycles. The normalized spacial score (nSPS) is 12.3. The van der Waals surface area contributed by atoms with Crippen LogP contribution in [0.2, 0.25) is 10.0 Å². The Morgan fingerprint density at radius 2 is 1.87 bits per heavy atom. The molecule has 162 valence electrons. The highest BCUT2D eigenvalue weighted by Crippen LogP contribution is 2.34. The van der Waals surface area contributed by atoms with Crippen LogP contribution in [0.15, 0.2) is 36.4 Å². The fourth-order valence-electron chi connectivity index (χ4n) is 2.36. The van der Waals surface area contributed by atoms with Crippen molar-refractivity contribution in [2.75, 3.05) is 5.32 Å². The van der Waals surface area contributed by atoms with Crippen LogP contribution in [0.5, 0.6) is 5.75 Å². The van der Waals surface area contributed by atoms with E-state index in [1.807, 2.05) is 6.92 Å². The van der Waals surface area contributed by atoms with Crippen LogP contribution in [0.3, 0.4) is 0 Å². The summed E-state index contributed by atoms with van der Waals surface area (Å²) in [5.41, 5.74) is 5.48. The number of hydrogen-bond acceptors (Lipinski definition) is 6. The van der Waals surface area contributed by atoms with Gasteiger partial charge < -0.3 is 15.8 Å². The van der Waals surface area contributed by atoms with E-state index >= 15 is 0 Å². The second-order valence-corrected chi connectivity index (χ2v) is 7.14. The lowest BCUT2D eigenvalue weighted by molar-refractivity contribution is -0.384. The van der Waals surface area contributed by atoms with E-state index in [9.17, 15) is 19.7 Å². The van der Waals surface area contributed by atoms with E-state index in [-0.39, 0.29) is 44.3 Å². The molecule has 2 unspecified atom stereocenters. The highest BCUT2D eigenvalue weighted by molar-refractivity contribution is 8.93. The number of benzene rings is 2. The van der Waals surface area contributed by atoms with Crippen LogP contribution < -0.4 is 15.8 Å². The Hall–Kier alpha value is -2.20. The maximum atomic E-state index is 12.7. The maximum absolute atomic E-state index is 12.7. The highest BCUT2D eigenvalue weighted by atomic mass is 79.9. The van der Waals surface area contributed by atoms with Crippen LogP contribution in [-0.4, -0.2) is 22.8 Å². The van der Waals surface area contributed by atoms with Crippen molar-refractivity contribution in [2.45, 2.75) is 26.3 Å². The van der Waals surface area contributed by atoms with Gasteiger partial charge in [-0.25, -0.2) is 4.79 Å². The van der Waals surface area contributed by atoms with E-state index in [1.165, 1.54) is 0 Å². The van der Waals surface area contributed by atoms with Gasteiger partial charge in [-0.2, -0.15) is 0 Å². The largest absolute Gasteiger partial charge is 0.424 e. The number of nitrogens with zero attached hydrogens (tertiary/aromatic N) is 1. The fraction of sp³-hybridized carbons (Fsp3) is 0.263. The smallest absolute Gasteiger partial charge is 0.328 e. The second kappa shape index (κ2) is 11.3. The van der Waals surface area contributed by atoms with Gasteiger partial charge in [0, 0.05) is 0 Å². The van der Waals surface area contributed by atoms with E-state index in [0.29, 0.717) is 12.1 Å². The summed E-state index contributed by atoms with van der Waals surface area (Å²) in [6.07, 6.45) is 0.622. The number of nitrogens with one attached hydrogen (secondary N) is 1. The zero-order chi connectivity index (χ0) is 21.7. The quantitative estimate of drug-likeness (QED) is 0.229. The molecule has 8 nitrogen and oxygen atoms in total. The number of nitro benzene ring substituents is 1. The number of rotatable bonds is 7. The van der Waals surface area contributed by atoms with E-state index in [0.717, 1.165) is 12.1 Å². The number of anilines is 1. The Kier molecular flexibility index (Phi) is 9.70. The van der Waals surface area contributed by atoms with Crippen LogP contribution in [0, 0.1) is 16.0 Å². The molecule has 0 fully saturated rings. The van der Waals surface area contributed by atoms with Gasteiger partial charge in [-0.3, -0.25) is 14.9 Å². The van der Waals surface area contributed by atoms with Crippen molar-refractivity contribution in [3.8, 4) is 5.75 Å². The van der Waals surface area contributed by atoms with Crippen molar-refractivity contribution < 1.29 is 19.2 Å². The Bertz CT molecular complexity index is 958. The number of nitro groups is 1. The summed E-state index contributed by atoms with van der Waals surface area (Å²) in [5, 5.41) is 13.8. The third kappa shape index (κ3) is 6.15. The maximum Gasteiger partial charge on any atom is 0.328 e. The van der Waals surface area contributed by atoms with E-state index < -0.39 is 28.5 Å². The molecule has 3 N–H and O–H groups in total. The molecule has 2 rings (SSSR count). The lowest BCUT2D eigenvalue weighted by Gasteiger charge is -2.18. The molecular formula is C19H20BrCl2N3O5. The van der Waals surface area contributed by atoms with Crippen LogP contribution in [0.25, 0.3) is 0 Å². The lowest BCUT2D eigenvalue weighted by Crippen LogP contribution is -2.39. The van der Waals surface area contributed by atoms with Gasteiger partial charge in [-0.15, -0.1) is 17.0 Å². The molecule has 0 aliphatic rings. The zero-order valence-electron chi connectivity index (χ0n) is 16.1. The lowest BCUT2D eigenvalue weighted by atomic mass is 10.0. The summed E-state index contributed by atoms with van der Waals surface area (Å²) in [5.74, 6) is -2.04. The molecule has 2 atom stereocenters. The number of amides is 1. The average Bonchev–Trinajstić information content (AvgIpc) is 2.69. The first-order valence-electron chi connectivity index (χ1n) is 8.66. The minimum Gasteiger partial charge on any atom is -0.424 e. The Labute approximate surface area is 193 Å². The second-order valence-electron chi connectivity index (χ2n) is 6.32. The van der Waals surface area contributed by atoms with Gasteiger partial charge in [0.1, 0.15) is 11.1 Å². The Morgan fingerprint density at radius 3 is 2.43 bits per heavy atom. The van der Waals surface area contributed by atoms with Crippen molar-refractivity contribution in [3.05, 3.63) is 62.1 Å². The molecular weight excluding hydrogens is 501 g/mol. The highest BCUT2D eigenvalue weighted by Gasteiger charge is 2.27. The predicted octanol–water partition coefficient (Wildman–Crippen LogP) is 5.01. The van der Waals surface area contributed by atoms with Gasteiger partial charge in [0.25, 0.3) is 11.6 Å². The molecule has 0 bridgehead atoms. The molecule has 11 heteroatoms. The summed E-state index contributed by atoms with van der Waals surface area (Å²) in [6, 6.07) is 7.51. The van der Waals surface area contributed by atoms with Gasteiger partial charge in [0.15, 0.2) is 5.75 Å². The number of esters is 1. The first-order valence-corrected chi connectivity index (χ1v) is 9.42. The molecule has 2 aromatic rings. The molecule has 1 amide bonds. The third-order valence-electron chi connectivity index (χ3n) is 4.35. The summed E-state index contributed by atoms with van der Waals surface area (Å²) in [6.45, 7) is 3.62. The molecule has 30 heavy (non-hydrogen) atoms. The molecule has 0 spiro atoms. The first-order chi connectivity index (χ1) is 13.6. The van der Waals surface area contributed by atoms with Crippen molar-refractivity contribution >= 4 is 63.4 Å². The molecule has 0 aromatic heterocycles. The summed E-state index contributed by atoms with van der Waals surface area (Å²) < 4.78 is 5.24.